The Hall–Kier alpha value is -2.32. The zero-order valence-electron chi connectivity index (χ0n) is 14.2. The van der Waals surface area contributed by atoms with Gasteiger partial charge in [-0.05, 0) is 43.3 Å². The molecule has 27 heavy (non-hydrogen) atoms. The maximum atomic E-state index is 13.6. The number of carbonyl (C=O) groups excluding carboxylic acids is 1. The molecule has 3 aromatic rings. The van der Waals surface area contributed by atoms with Crippen molar-refractivity contribution in [3.05, 3.63) is 71.0 Å². The fourth-order valence-corrected chi connectivity index (χ4v) is 3.94. The summed E-state index contributed by atoms with van der Waals surface area (Å²) in [6, 6.07) is 9.47. The zero-order valence-corrected chi connectivity index (χ0v) is 15.8. The van der Waals surface area contributed by atoms with Crippen molar-refractivity contribution in [3.8, 4) is 10.6 Å². The van der Waals surface area contributed by atoms with E-state index in [2.05, 4.69) is 10.3 Å². The molecule has 3 nitrogen and oxygen atoms in total. The van der Waals surface area contributed by atoms with E-state index in [-0.39, 0.29) is 5.82 Å². The predicted octanol–water partition coefficient (Wildman–Crippen LogP) is 5.49. The molecule has 1 N–H and O–H groups in total. The first kappa shape index (κ1) is 19.4. The predicted molar refractivity (Wildman–Crippen MR) is 103 cm³/mol. The number of thioether (sulfide) groups is 1. The lowest BCUT2D eigenvalue weighted by molar-refractivity contribution is -0.115. The third-order valence-corrected chi connectivity index (χ3v) is 5.82. The lowest BCUT2D eigenvalue weighted by atomic mass is 10.2. The van der Waals surface area contributed by atoms with Crippen LogP contribution in [0.3, 0.4) is 0 Å². The maximum Gasteiger partial charge on any atom is 0.237 e. The fourth-order valence-electron chi connectivity index (χ4n) is 2.23. The number of aromatic nitrogens is 1. The van der Waals surface area contributed by atoms with Gasteiger partial charge in [0.2, 0.25) is 5.91 Å². The molecular formula is C19H15F3N2OS2. The number of hydrogen-bond donors (Lipinski definition) is 1. The Labute approximate surface area is 162 Å². The number of nitrogens with one attached hydrogen (secondary N) is 1. The molecule has 8 heteroatoms. The second-order valence-electron chi connectivity index (χ2n) is 5.69. The van der Waals surface area contributed by atoms with Crippen LogP contribution in [-0.4, -0.2) is 16.1 Å². The fraction of sp³-hybridized carbons (Fsp3) is 0.158. The third kappa shape index (κ3) is 4.90. The van der Waals surface area contributed by atoms with Crippen LogP contribution in [0.1, 0.15) is 12.6 Å². The Kier molecular flexibility index (Phi) is 6.18. The first-order valence-corrected chi connectivity index (χ1v) is 9.93. The van der Waals surface area contributed by atoms with Crippen molar-refractivity contribution < 1.29 is 18.0 Å². The van der Waals surface area contributed by atoms with Crippen molar-refractivity contribution in [2.45, 2.75) is 17.9 Å². The van der Waals surface area contributed by atoms with Crippen LogP contribution in [0.15, 0.2) is 47.8 Å². The van der Waals surface area contributed by atoms with Gasteiger partial charge in [0.25, 0.3) is 0 Å². The van der Waals surface area contributed by atoms with Gasteiger partial charge in [-0.3, -0.25) is 4.79 Å². The molecule has 0 aliphatic rings. The van der Waals surface area contributed by atoms with Gasteiger partial charge < -0.3 is 5.32 Å². The van der Waals surface area contributed by atoms with Crippen LogP contribution in [0, 0.1) is 17.5 Å². The first-order valence-electron chi connectivity index (χ1n) is 8.01. The number of rotatable bonds is 6. The zero-order chi connectivity index (χ0) is 19.4. The van der Waals surface area contributed by atoms with E-state index >= 15 is 0 Å². The minimum absolute atomic E-state index is 0.308. The van der Waals surface area contributed by atoms with E-state index in [0.29, 0.717) is 5.75 Å². The molecule has 0 fully saturated rings. The summed E-state index contributed by atoms with van der Waals surface area (Å²) < 4.78 is 40.2. The molecule has 0 saturated heterocycles. The smallest absolute Gasteiger partial charge is 0.237 e. The summed E-state index contributed by atoms with van der Waals surface area (Å²) in [7, 11) is 0. The first-order chi connectivity index (χ1) is 12.9. The van der Waals surface area contributed by atoms with Crippen molar-refractivity contribution >= 4 is 34.7 Å². The van der Waals surface area contributed by atoms with E-state index in [1.807, 2.05) is 5.38 Å². The summed E-state index contributed by atoms with van der Waals surface area (Å²) in [6.45, 7) is 1.66. The quantitative estimate of drug-likeness (QED) is 0.587. The van der Waals surface area contributed by atoms with Gasteiger partial charge in [0.15, 0.2) is 0 Å². The number of nitrogens with zero attached hydrogens (tertiary/aromatic N) is 1. The molecular weight excluding hydrogens is 393 g/mol. The van der Waals surface area contributed by atoms with Gasteiger partial charge in [-0.15, -0.1) is 23.1 Å². The number of hydrogen-bond acceptors (Lipinski definition) is 4. The Morgan fingerprint density at radius 3 is 2.48 bits per heavy atom. The van der Waals surface area contributed by atoms with Crippen molar-refractivity contribution in [2.24, 2.45) is 0 Å². The molecule has 3 rings (SSSR count). The Morgan fingerprint density at radius 1 is 1.15 bits per heavy atom. The molecule has 0 radical (unpaired) electrons. The van der Waals surface area contributed by atoms with Crippen molar-refractivity contribution in [1.29, 1.82) is 0 Å². The monoisotopic (exact) mass is 408 g/mol. The molecule has 0 unspecified atom stereocenters. The van der Waals surface area contributed by atoms with Crippen LogP contribution >= 0.6 is 23.1 Å². The number of thiazole rings is 1. The third-order valence-electron chi connectivity index (χ3n) is 3.70. The van der Waals surface area contributed by atoms with Gasteiger partial charge in [-0.2, -0.15) is 0 Å². The summed E-state index contributed by atoms with van der Waals surface area (Å²) >= 11 is 2.74. The van der Waals surface area contributed by atoms with Crippen molar-refractivity contribution in [2.75, 3.05) is 5.32 Å². The van der Waals surface area contributed by atoms with Gasteiger partial charge >= 0.3 is 0 Å². The van der Waals surface area contributed by atoms with Gasteiger partial charge in [0.1, 0.15) is 28.1 Å². The van der Waals surface area contributed by atoms with Gasteiger partial charge in [0, 0.05) is 16.7 Å². The summed E-state index contributed by atoms with van der Waals surface area (Å²) in [4.78, 5) is 16.7. The largest absolute Gasteiger partial charge is 0.320 e. The van der Waals surface area contributed by atoms with Crippen LogP contribution in [0.5, 0.6) is 0 Å². The number of benzene rings is 2. The van der Waals surface area contributed by atoms with Gasteiger partial charge in [0.05, 0.1) is 10.9 Å². The SMILES string of the molecule is C[C@H](SCc1csc(-c2ccc(F)cc2)n1)C(=O)Nc1c(F)cccc1F. The lowest BCUT2D eigenvalue weighted by Crippen LogP contribution is -2.23. The van der Waals surface area contributed by atoms with E-state index in [1.165, 1.54) is 41.3 Å². The van der Waals surface area contributed by atoms with Crippen molar-refractivity contribution in [1.82, 2.24) is 4.98 Å². The van der Waals surface area contributed by atoms with Gasteiger partial charge in [-0.25, -0.2) is 18.2 Å². The number of anilines is 1. The second kappa shape index (κ2) is 8.58. The highest BCUT2D eigenvalue weighted by Crippen LogP contribution is 2.27. The van der Waals surface area contributed by atoms with Crippen LogP contribution in [0.4, 0.5) is 18.9 Å². The summed E-state index contributed by atoms with van der Waals surface area (Å²) in [5.41, 5.74) is 1.15. The molecule has 1 amide bonds. The lowest BCUT2D eigenvalue weighted by Gasteiger charge is -2.12. The summed E-state index contributed by atoms with van der Waals surface area (Å²) in [6.07, 6.45) is 0. The number of para-hydroxylation sites is 1. The molecule has 1 atom stereocenters. The summed E-state index contributed by atoms with van der Waals surface area (Å²) in [5, 5.41) is 4.39. The normalized spacial score (nSPS) is 12.0. The average molecular weight is 408 g/mol. The van der Waals surface area contributed by atoms with E-state index < -0.39 is 28.5 Å². The van der Waals surface area contributed by atoms with Crippen molar-refractivity contribution in [3.63, 3.8) is 0 Å². The molecule has 2 aromatic carbocycles. The highest BCUT2D eigenvalue weighted by molar-refractivity contribution is 7.99. The van der Waals surface area contributed by atoms with Gasteiger partial charge in [-0.1, -0.05) is 6.07 Å². The van der Waals surface area contributed by atoms with Crippen LogP contribution in [0.25, 0.3) is 10.6 Å². The Balaban J connectivity index is 1.58. The van der Waals surface area contributed by atoms with E-state index in [4.69, 9.17) is 0 Å². The van der Waals surface area contributed by atoms with E-state index in [9.17, 15) is 18.0 Å². The van der Waals surface area contributed by atoms with Crippen LogP contribution in [-0.2, 0) is 10.5 Å². The van der Waals surface area contributed by atoms with E-state index in [0.717, 1.165) is 28.4 Å². The molecule has 0 bridgehead atoms. The topological polar surface area (TPSA) is 42.0 Å². The Bertz CT molecular complexity index is 924. The number of amides is 1. The highest BCUT2D eigenvalue weighted by atomic mass is 32.2. The highest BCUT2D eigenvalue weighted by Gasteiger charge is 2.18. The molecule has 0 aliphatic carbocycles. The molecule has 140 valence electrons. The minimum Gasteiger partial charge on any atom is -0.320 e. The molecule has 0 aliphatic heterocycles. The second-order valence-corrected chi connectivity index (χ2v) is 7.88. The minimum atomic E-state index is -0.816. The molecule has 1 heterocycles. The Morgan fingerprint density at radius 2 is 1.81 bits per heavy atom. The molecule has 0 saturated carbocycles. The number of carbonyl (C=O) groups is 1. The maximum absolute atomic E-state index is 13.6. The average Bonchev–Trinajstić information content (AvgIpc) is 3.12. The summed E-state index contributed by atoms with van der Waals surface area (Å²) in [5.74, 6) is -1.96. The molecule has 0 spiro atoms. The van der Waals surface area contributed by atoms with E-state index in [1.54, 1.807) is 19.1 Å². The number of halogens is 3. The molecule has 1 aromatic heterocycles. The van der Waals surface area contributed by atoms with Crippen LogP contribution < -0.4 is 5.32 Å². The standard InChI is InChI=1S/C19H15F3N2OS2/c1-11(18(25)24-17-15(21)3-2-4-16(17)22)26-9-14-10-27-19(23-14)12-5-7-13(20)8-6-12/h2-8,10-11H,9H2,1H3,(H,24,25)/t11-/m0/s1. The van der Waals surface area contributed by atoms with Crippen LogP contribution in [0.2, 0.25) is 0 Å².